The van der Waals surface area contributed by atoms with Gasteiger partial charge in [-0.2, -0.15) is 5.10 Å². The molecule has 0 bridgehead atoms. The summed E-state index contributed by atoms with van der Waals surface area (Å²) in [5.41, 5.74) is 1.27. The van der Waals surface area contributed by atoms with Crippen LogP contribution in [0.5, 0.6) is 0 Å². The van der Waals surface area contributed by atoms with E-state index in [2.05, 4.69) is 21.1 Å². The van der Waals surface area contributed by atoms with Crippen molar-refractivity contribution in [2.24, 2.45) is 0 Å². The molecule has 3 heterocycles. The fourth-order valence-corrected chi connectivity index (χ4v) is 3.26. The number of hydrogen-bond acceptors (Lipinski definition) is 4. The Bertz CT molecular complexity index is 406. The van der Waals surface area contributed by atoms with Crippen molar-refractivity contribution in [3.8, 4) is 0 Å². The van der Waals surface area contributed by atoms with Gasteiger partial charge in [-0.05, 0) is 25.8 Å². The maximum absolute atomic E-state index is 5.10. The van der Waals surface area contributed by atoms with Gasteiger partial charge >= 0.3 is 0 Å². The normalized spacial score (nSPS) is 24.5. The Morgan fingerprint density at radius 1 is 1.32 bits per heavy atom. The van der Waals surface area contributed by atoms with E-state index in [1.807, 2.05) is 10.9 Å². The highest BCUT2D eigenvalue weighted by Gasteiger charge is 2.29. The molecule has 1 aromatic rings. The minimum Gasteiger partial charge on any atom is -0.383 e. The second-order valence-electron chi connectivity index (χ2n) is 5.59. The standard InChI is InChI=1S/C14H24N4O/c1-19-9-8-18-12-14(10-15-18)17-7-3-6-16-5-2-4-13(16)11-17/h10,12-13H,2-9,11H2,1H3. The van der Waals surface area contributed by atoms with Gasteiger partial charge in [-0.1, -0.05) is 0 Å². The van der Waals surface area contributed by atoms with E-state index in [-0.39, 0.29) is 0 Å². The minimum atomic E-state index is 0.720. The van der Waals surface area contributed by atoms with Gasteiger partial charge in [0.05, 0.1) is 25.0 Å². The Morgan fingerprint density at radius 3 is 3.11 bits per heavy atom. The molecule has 1 aromatic heterocycles. The molecule has 19 heavy (non-hydrogen) atoms. The van der Waals surface area contributed by atoms with Gasteiger partial charge in [0, 0.05) is 39.0 Å². The Balaban J connectivity index is 1.65. The van der Waals surface area contributed by atoms with Crippen LogP contribution in [-0.2, 0) is 11.3 Å². The first-order valence-corrected chi connectivity index (χ1v) is 7.37. The van der Waals surface area contributed by atoms with Gasteiger partial charge in [0.25, 0.3) is 0 Å². The van der Waals surface area contributed by atoms with E-state index in [9.17, 15) is 0 Å². The van der Waals surface area contributed by atoms with E-state index >= 15 is 0 Å². The van der Waals surface area contributed by atoms with Crippen LogP contribution >= 0.6 is 0 Å². The van der Waals surface area contributed by atoms with Crippen molar-refractivity contribution in [3.63, 3.8) is 0 Å². The lowest BCUT2D eigenvalue weighted by atomic mass is 10.2. The predicted molar refractivity (Wildman–Crippen MR) is 75.5 cm³/mol. The first kappa shape index (κ1) is 12.9. The van der Waals surface area contributed by atoms with Gasteiger partial charge in [0.2, 0.25) is 0 Å². The Kier molecular flexibility index (Phi) is 4.03. The quantitative estimate of drug-likeness (QED) is 0.818. The highest BCUT2D eigenvalue weighted by molar-refractivity contribution is 5.42. The number of hydrogen-bond donors (Lipinski definition) is 0. The molecule has 1 unspecified atom stereocenters. The maximum atomic E-state index is 5.10. The van der Waals surface area contributed by atoms with Gasteiger partial charge in [0.15, 0.2) is 0 Å². The molecule has 3 rings (SSSR count). The van der Waals surface area contributed by atoms with E-state index in [0.717, 1.165) is 32.3 Å². The summed E-state index contributed by atoms with van der Waals surface area (Å²) in [6.07, 6.45) is 8.14. The third-order valence-corrected chi connectivity index (χ3v) is 4.31. The number of nitrogens with zero attached hydrogens (tertiary/aromatic N) is 4. The number of fused-ring (bicyclic) bond motifs is 1. The molecule has 0 radical (unpaired) electrons. The van der Waals surface area contributed by atoms with Gasteiger partial charge in [-0.3, -0.25) is 9.58 Å². The van der Waals surface area contributed by atoms with Crippen molar-refractivity contribution in [1.29, 1.82) is 0 Å². The van der Waals surface area contributed by atoms with Crippen LogP contribution in [0.15, 0.2) is 12.4 Å². The number of methoxy groups -OCH3 is 1. The van der Waals surface area contributed by atoms with Gasteiger partial charge in [-0.15, -0.1) is 0 Å². The summed E-state index contributed by atoms with van der Waals surface area (Å²) in [5.74, 6) is 0. The average molecular weight is 264 g/mol. The fraction of sp³-hybridized carbons (Fsp3) is 0.786. The largest absolute Gasteiger partial charge is 0.383 e. The molecular formula is C14H24N4O. The molecular weight excluding hydrogens is 240 g/mol. The van der Waals surface area contributed by atoms with Crippen molar-refractivity contribution in [3.05, 3.63) is 12.4 Å². The predicted octanol–water partition coefficient (Wildman–Crippen LogP) is 1.20. The van der Waals surface area contributed by atoms with Crippen LogP contribution in [0.25, 0.3) is 0 Å². The zero-order valence-corrected chi connectivity index (χ0v) is 11.8. The van der Waals surface area contributed by atoms with E-state index in [1.54, 1.807) is 7.11 Å². The molecule has 2 aliphatic heterocycles. The van der Waals surface area contributed by atoms with Crippen molar-refractivity contribution in [2.45, 2.75) is 31.8 Å². The molecule has 0 aliphatic carbocycles. The molecule has 2 aliphatic rings. The van der Waals surface area contributed by atoms with Crippen LogP contribution in [0.4, 0.5) is 5.69 Å². The summed E-state index contributed by atoms with van der Waals surface area (Å²) >= 11 is 0. The molecule has 0 amide bonds. The SMILES string of the molecule is COCCn1cc(N2CCCN3CCCC3C2)cn1. The topological polar surface area (TPSA) is 33.5 Å². The molecule has 0 saturated carbocycles. The van der Waals surface area contributed by atoms with Gasteiger partial charge < -0.3 is 9.64 Å². The Labute approximate surface area is 115 Å². The van der Waals surface area contributed by atoms with Crippen LogP contribution < -0.4 is 4.90 Å². The molecule has 106 valence electrons. The molecule has 0 spiro atoms. The summed E-state index contributed by atoms with van der Waals surface area (Å²) in [4.78, 5) is 5.17. The first-order chi connectivity index (χ1) is 9.36. The smallest absolute Gasteiger partial charge is 0.0753 e. The Hall–Kier alpha value is -1.07. The second kappa shape index (κ2) is 5.92. The molecule has 0 aromatic carbocycles. The molecule has 0 N–H and O–H groups in total. The van der Waals surface area contributed by atoms with Gasteiger partial charge in [0.1, 0.15) is 0 Å². The lowest BCUT2D eigenvalue weighted by Crippen LogP contribution is -2.36. The summed E-state index contributed by atoms with van der Waals surface area (Å²) in [5, 5.41) is 4.43. The number of aromatic nitrogens is 2. The van der Waals surface area contributed by atoms with Crippen LogP contribution in [0.1, 0.15) is 19.3 Å². The van der Waals surface area contributed by atoms with Gasteiger partial charge in [-0.25, -0.2) is 0 Å². The van der Waals surface area contributed by atoms with Crippen molar-refractivity contribution >= 4 is 5.69 Å². The van der Waals surface area contributed by atoms with Crippen molar-refractivity contribution in [2.75, 3.05) is 44.8 Å². The highest BCUT2D eigenvalue weighted by atomic mass is 16.5. The number of ether oxygens (including phenoxy) is 1. The molecule has 2 fully saturated rings. The monoisotopic (exact) mass is 264 g/mol. The van der Waals surface area contributed by atoms with Crippen molar-refractivity contribution < 1.29 is 4.74 Å². The van der Waals surface area contributed by atoms with Crippen LogP contribution in [0, 0.1) is 0 Å². The third kappa shape index (κ3) is 2.92. The average Bonchev–Trinajstić information content (AvgIpc) is 3.02. The molecule has 2 saturated heterocycles. The Morgan fingerprint density at radius 2 is 2.21 bits per heavy atom. The summed E-state index contributed by atoms with van der Waals surface area (Å²) in [7, 11) is 1.73. The number of rotatable bonds is 4. The number of anilines is 1. The summed E-state index contributed by atoms with van der Waals surface area (Å²) < 4.78 is 7.08. The minimum absolute atomic E-state index is 0.720. The lowest BCUT2D eigenvalue weighted by molar-refractivity contribution is 0.183. The van der Waals surface area contributed by atoms with E-state index in [1.165, 1.54) is 38.0 Å². The highest BCUT2D eigenvalue weighted by Crippen LogP contribution is 2.24. The van der Waals surface area contributed by atoms with E-state index in [0.29, 0.717) is 0 Å². The fourth-order valence-electron chi connectivity index (χ4n) is 3.26. The zero-order chi connectivity index (χ0) is 13.1. The van der Waals surface area contributed by atoms with Crippen LogP contribution in [-0.4, -0.2) is 60.6 Å². The van der Waals surface area contributed by atoms with Crippen LogP contribution in [0.3, 0.4) is 0 Å². The zero-order valence-electron chi connectivity index (χ0n) is 11.8. The molecule has 5 heteroatoms. The lowest BCUT2D eigenvalue weighted by Gasteiger charge is -2.26. The third-order valence-electron chi connectivity index (χ3n) is 4.31. The molecule has 1 atom stereocenters. The first-order valence-electron chi connectivity index (χ1n) is 7.37. The van der Waals surface area contributed by atoms with Crippen molar-refractivity contribution in [1.82, 2.24) is 14.7 Å². The second-order valence-corrected chi connectivity index (χ2v) is 5.59. The van der Waals surface area contributed by atoms with E-state index in [4.69, 9.17) is 4.74 Å². The summed E-state index contributed by atoms with van der Waals surface area (Å²) in [6.45, 7) is 6.43. The maximum Gasteiger partial charge on any atom is 0.0753 e. The van der Waals surface area contributed by atoms with Crippen LogP contribution in [0.2, 0.25) is 0 Å². The van der Waals surface area contributed by atoms with E-state index < -0.39 is 0 Å². The molecule has 5 nitrogen and oxygen atoms in total. The summed E-state index contributed by atoms with van der Waals surface area (Å²) in [6, 6.07) is 0.754.